The highest BCUT2D eigenvalue weighted by Gasteiger charge is 2.40. The standard InChI is InChI=1S/C17H13F3N2O5S/c1-25-10-4-7-9(5-11(10)26-2)21-6-8-12(22-16(24)17(18,19)20)14(15(23)27-3)28-13(7)8/h4-6H,1-3H3,(H,22,24). The lowest BCUT2D eigenvalue weighted by Crippen LogP contribution is -2.30. The van der Waals surface area contributed by atoms with Crippen LogP contribution in [0.3, 0.4) is 0 Å². The third-order valence-corrected chi connectivity index (χ3v) is 5.11. The number of halogens is 3. The number of benzene rings is 1. The van der Waals surface area contributed by atoms with Crippen LogP contribution in [0.2, 0.25) is 0 Å². The van der Waals surface area contributed by atoms with Gasteiger partial charge in [0.15, 0.2) is 11.5 Å². The topological polar surface area (TPSA) is 86.8 Å². The van der Waals surface area contributed by atoms with Crippen LogP contribution in [0.5, 0.6) is 11.5 Å². The van der Waals surface area contributed by atoms with Crippen molar-refractivity contribution >= 4 is 49.9 Å². The molecule has 0 radical (unpaired) electrons. The van der Waals surface area contributed by atoms with E-state index in [1.54, 1.807) is 17.4 Å². The summed E-state index contributed by atoms with van der Waals surface area (Å²) in [6.07, 6.45) is -3.85. The normalized spacial score (nSPS) is 11.5. The summed E-state index contributed by atoms with van der Waals surface area (Å²) < 4.78 is 53.7. The molecule has 0 spiro atoms. The van der Waals surface area contributed by atoms with Gasteiger partial charge in [-0.05, 0) is 6.07 Å². The number of rotatable bonds is 4. The Hall–Kier alpha value is -3.08. The zero-order valence-corrected chi connectivity index (χ0v) is 15.6. The van der Waals surface area contributed by atoms with Gasteiger partial charge in [0, 0.05) is 27.7 Å². The molecule has 0 fully saturated rings. The second kappa shape index (κ2) is 7.15. The number of nitrogens with zero attached hydrogens (tertiary/aromatic N) is 1. The number of alkyl halides is 3. The zero-order chi connectivity index (χ0) is 20.6. The first-order valence-corrected chi connectivity index (χ1v) is 8.46. The van der Waals surface area contributed by atoms with Crippen molar-refractivity contribution in [1.29, 1.82) is 0 Å². The molecule has 148 valence electrons. The minimum absolute atomic E-state index is 0.169. The highest BCUT2D eigenvalue weighted by atomic mass is 32.1. The number of hydrogen-bond donors (Lipinski definition) is 1. The largest absolute Gasteiger partial charge is 0.493 e. The van der Waals surface area contributed by atoms with Crippen molar-refractivity contribution in [1.82, 2.24) is 4.98 Å². The minimum Gasteiger partial charge on any atom is -0.493 e. The van der Waals surface area contributed by atoms with Crippen LogP contribution in [0.1, 0.15) is 9.67 Å². The molecule has 1 aromatic carbocycles. The predicted octanol–water partition coefficient (Wildman–Crippen LogP) is 3.75. The average molecular weight is 414 g/mol. The van der Waals surface area contributed by atoms with Crippen LogP contribution in [-0.2, 0) is 9.53 Å². The maximum atomic E-state index is 12.7. The Morgan fingerprint density at radius 2 is 1.71 bits per heavy atom. The summed E-state index contributed by atoms with van der Waals surface area (Å²) in [5.74, 6) is -2.30. The lowest BCUT2D eigenvalue weighted by Gasteiger charge is -2.10. The van der Waals surface area contributed by atoms with E-state index >= 15 is 0 Å². The van der Waals surface area contributed by atoms with Gasteiger partial charge in [-0.1, -0.05) is 0 Å². The molecule has 28 heavy (non-hydrogen) atoms. The molecule has 0 aliphatic rings. The number of fused-ring (bicyclic) bond motifs is 3. The van der Waals surface area contributed by atoms with Crippen LogP contribution < -0.4 is 14.8 Å². The number of carbonyl (C=O) groups is 2. The number of ether oxygens (including phenoxy) is 3. The van der Waals surface area contributed by atoms with Gasteiger partial charge in [-0.15, -0.1) is 11.3 Å². The van der Waals surface area contributed by atoms with Crippen LogP contribution >= 0.6 is 11.3 Å². The lowest BCUT2D eigenvalue weighted by molar-refractivity contribution is -0.167. The van der Waals surface area contributed by atoms with Gasteiger partial charge in [-0.3, -0.25) is 9.78 Å². The number of pyridine rings is 1. The Bertz CT molecular complexity index is 1090. The van der Waals surface area contributed by atoms with Crippen molar-refractivity contribution in [2.45, 2.75) is 6.18 Å². The molecule has 0 unspecified atom stereocenters. The molecular weight excluding hydrogens is 401 g/mol. The fourth-order valence-corrected chi connectivity index (χ4v) is 3.78. The van der Waals surface area contributed by atoms with E-state index in [0.29, 0.717) is 27.1 Å². The molecule has 3 rings (SSSR count). The molecule has 0 saturated carbocycles. The van der Waals surface area contributed by atoms with Gasteiger partial charge in [0.2, 0.25) is 0 Å². The molecule has 0 bridgehead atoms. The molecule has 0 aliphatic carbocycles. The summed E-state index contributed by atoms with van der Waals surface area (Å²) in [6.45, 7) is 0. The first-order valence-electron chi connectivity index (χ1n) is 7.65. The quantitative estimate of drug-likeness (QED) is 0.655. The predicted molar refractivity (Wildman–Crippen MR) is 96.3 cm³/mol. The lowest BCUT2D eigenvalue weighted by atomic mass is 10.1. The highest BCUT2D eigenvalue weighted by Crippen LogP contribution is 2.42. The first-order chi connectivity index (χ1) is 13.2. The second-order valence-corrected chi connectivity index (χ2v) is 6.50. The van der Waals surface area contributed by atoms with Crippen molar-refractivity contribution in [2.75, 3.05) is 26.6 Å². The van der Waals surface area contributed by atoms with Gasteiger partial charge in [-0.2, -0.15) is 13.2 Å². The maximum Gasteiger partial charge on any atom is 0.471 e. The molecule has 0 saturated heterocycles. The monoisotopic (exact) mass is 414 g/mol. The van der Waals surface area contributed by atoms with E-state index in [-0.39, 0.29) is 16.0 Å². The Morgan fingerprint density at radius 1 is 1.07 bits per heavy atom. The summed E-state index contributed by atoms with van der Waals surface area (Å²) in [4.78, 5) is 27.6. The van der Waals surface area contributed by atoms with Gasteiger partial charge in [0.1, 0.15) is 4.88 Å². The van der Waals surface area contributed by atoms with E-state index in [1.807, 2.05) is 0 Å². The van der Waals surface area contributed by atoms with E-state index in [9.17, 15) is 22.8 Å². The van der Waals surface area contributed by atoms with E-state index in [1.165, 1.54) is 20.4 Å². The Balaban J connectivity index is 2.30. The zero-order valence-electron chi connectivity index (χ0n) is 14.8. The van der Waals surface area contributed by atoms with Gasteiger partial charge in [0.05, 0.1) is 32.5 Å². The molecule has 2 aromatic heterocycles. The molecular formula is C17H13F3N2O5S. The van der Waals surface area contributed by atoms with E-state index < -0.39 is 18.1 Å². The molecule has 11 heteroatoms. The van der Waals surface area contributed by atoms with Crippen molar-refractivity contribution in [3.63, 3.8) is 0 Å². The number of thiophene rings is 1. The Kier molecular flexibility index (Phi) is 5.02. The van der Waals surface area contributed by atoms with Crippen molar-refractivity contribution < 1.29 is 37.0 Å². The molecule has 1 N–H and O–H groups in total. The van der Waals surface area contributed by atoms with Gasteiger partial charge < -0.3 is 19.5 Å². The number of aromatic nitrogens is 1. The van der Waals surface area contributed by atoms with E-state index in [0.717, 1.165) is 18.4 Å². The van der Waals surface area contributed by atoms with Crippen LogP contribution in [0.15, 0.2) is 18.3 Å². The number of anilines is 1. The number of hydrogen-bond acceptors (Lipinski definition) is 7. The van der Waals surface area contributed by atoms with Crippen molar-refractivity contribution in [2.24, 2.45) is 0 Å². The molecule has 7 nitrogen and oxygen atoms in total. The number of methoxy groups -OCH3 is 3. The Labute approximate surface area is 160 Å². The third-order valence-electron chi connectivity index (χ3n) is 3.89. The van der Waals surface area contributed by atoms with Crippen LogP contribution in [0, 0.1) is 0 Å². The number of carbonyl (C=O) groups excluding carboxylic acids is 2. The van der Waals surface area contributed by atoms with Crippen molar-refractivity contribution in [3.05, 3.63) is 23.2 Å². The summed E-state index contributed by atoms with van der Waals surface area (Å²) in [7, 11) is 3.97. The minimum atomic E-state index is -5.12. The summed E-state index contributed by atoms with van der Waals surface area (Å²) in [6, 6.07) is 3.19. The van der Waals surface area contributed by atoms with Gasteiger partial charge >= 0.3 is 18.1 Å². The third kappa shape index (κ3) is 3.28. The van der Waals surface area contributed by atoms with E-state index in [2.05, 4.69) is 9.72 Å². The van der Waals surface area contributed by atoms with Crippen LogP contribution in [-0.4, -0.2) is 44.4 Å². The van der Waals surface area contributed by atoms with Crippen LogP contribution in [0.4, 0.5) is 18.9 Å². The van der Waals surface area contributed by atoms with Gasteiger partial charge in [0.25, 0.3) is 0 Å². The summed E-state index contributed by atoms with van der Waals surface area (Å²) in [5.41, 5.74) is 0.162. The van der Waals surface area contributed by atoms with E-state index in [4.69, 9.17) is 9.47 Å². The SMILES string of the molecule is COC(=O)c1sc2c(cnc3cc(OC)c(OC)cc32)c1NC(=O)C(F)(F)F. The fourth-order valence-electron chi connectivity index (χ4n) is 2.60. The molecule has 3 aromatic rings. The van der Waals surface area contributed by atoms with Crippen molar-refractivity contribution in [3.8, 4) is 11.5 Å². The summed E-state index contributed by atoms with van der Waals surface area (Å²) >= 11 is 0.878. The average Bonchev–Trinajstić information content (AvgIpc) is 3.04. The summed E-state index contributed by atoms with van der Waals surface area (Å²) in [5, 5.41) is 2.44. The number of nitrogens with one attached hydrogen (secondary N) is 1. The van der Waals surface area contributed by atoms with Gasteiger partial charge in [-0.25, -0.2) is 4.79 Å². The number of amides is 1. The number of esters is 1. The first kappa shape index (κ1) is 19.7. The maximum absolute atomic E-state index is 12.7. The molecule has 1 amide bonds. The Morgan fingerprint density at radius 3 is 2.29 bits per heavy atom. The smallest absolute Gasteiger partial charge is 0.471 e. The molecule has 2 heterocycles. The fraction of sp³-hybridized carbons (Fsp3) is 0.235. The van der Waals surface area contributed by atoms with Crippen LogP contribution in [0.25, 0.3) is 21.0 Å². The molecule has 0 aliphatic heterocycles. The second-order valence-electron chi connectivity index (χ2n) is 5.47. The molecule has 0 atom stereocenters. The highest BCUT2D eigenvalue weighted by molar-refractivity contribution is 7.22.